The Morgan fingerprint density at radius 3 is 2.44 bits per heavy atom. The number of hydrogen-bond donors (Lipinski definition) is 3. The number of amides is 1. The standard InChI is InChI=1S/C19H33N3O4Si/c1-19(2,3)26-18(25)22-15(13-27(4,5)6)12-21-16(17(23)24)10-14-8-7-9-20-11-14/h7-9,11,15-16,21H,10,12-13H2,1-6H3,(H,22,25)(H,23,24)/t15-,16+/m1/s1. The van der Waals surface area contributed by atoms with Crippen LogP contribution >= 0.6 is 0 Å². The van der Waals surface area contributed by atoms with Crippen LogP contribution in [-0.4, -0.2) is 54.5 Å². The van der Waals surface area contributed by atoms with Crippen LogP contribution in [0.25, 0.3) is 0 Å². The summed E-state index contributed by atoms with van der Waals surface area (Å²) in [7, 11) is -1.49. The molecule has 0 saturated heterocycles. The average molecular weight is 396 g/mol. The third-order valence-corrected chi connectivity index (χ3v) is 5.37. The van der Waals surface area contributed by atoms with Crippen LogP contribution in [0.5, 0.6) is 0 Å². The first-order chi connectivity index (χ1) is 12.4. The number of rotatable bonds is 9. The van der Waals surface area contributed by atoms with Gasteiger partial charge in [0.05, 0.1) is 0 Å². The van der Waals surface area contributed by atoms with Crippen LogP contribution < -0.4 is 10.6 Å². The topological polar surface area (TPSA) is 101 Å². The van der Waals surface area contributed by atoms with Gasteiger partial charge in [-0.3, -0.25) is 9.78 Å². The number of nitrogens with zero attached hydrogens (tertiary/aromatic N) is 1. The van der Waals surface area contributed by atoms with Crippen molar-refractivity contribution in [2.24, 2.45) is 0 Å². The molecule has 1 heterocycles. The quantitative estimate of drug-likeness (QED) is 0.556. The Kier molecular flexibility index (Phi) is 8.42. The number of ether oxygens (including phenoxy) is 1. The van der Waals surface area contributed by atoms with Crippen molar-refractivity contribution in [3.63, 3.8) is 0 Å². The number of alkyl carbamates (subject to hydrolysis) is 1. The lowest BCUT2D eigenvalue weighted by molar-refractivity contribution is -0.139. The van der Waals surface area contributed by atoms with Gasteiger partial charge in [-0.05, 0) is 44.9 Å². The van der Waals surface area contributed by atoms with Gasteiger partial charge in [0.15, 0.2) is 0 Å². The first kappa shape index (κ1) is 23.1. The molecule has 1 aromatic heterocycles. The first-order valence-corrected chi connectivity index (χ1v) is 12.9. The van der Waals surface area contributed by atoms with Crippen LogP contribution in [0, 0.1) is 0 Å². The first-order valence-electron chi connectivity index (χ1n) is 9.20. The Balaban J connectivity index is 2.74. The molecule has 0 unspecified atom stereocenters. The monoisotopic (exact) mass is 395 g/mol. The second-order valence-corrected chi connectivity index (χ2v) is 14.5. The second-order valence-electron chi connectivity index (χ2n) is 8.97. The van der Waals surface area contributed by atoms with E-state index < -0.39 is 31.8 Å². The lowest BCUT2D eigenvalue weighted by Crippen LogP contribution is -2.50. The lowest BCUT2D eigenvalue weighted by atomic mass is 10.1. The number of pyridine rings is 1. The normalized spacial score (nSPS) is 14.3. The van der Waals surface area contributed by atoms with Gasteiger partial charge in [0, 0.05) is 33.1 Å². The van der Waals surface area contributed by atoms with E-state index >= 15 is 0 Å². The van der Waals surface area contributed by atoms with Crippen molar-refractivity contribution in [2.45, 2.75) is 70.6 Å². The molecule has 1 aromatic rings. The zero-order valence-corrected chi connectivity index (χ0v) is 18.2. The highest BCUT2D eigenvalue weighted by atomic mass is 28.3. The Hall–Kier alpha value is -1.93. The van der Waals surface area contributed by atoms with Crippen molar-refractivity contribution in [3.05, 3.63) is 30.1 Å². The summed E-state index contributed by atoms with van der Waals surface area (Å²) in [5.74, 6) is -0.928. The van der Waals surface area contributed by atoms with Crippen molar-refractivity contribution in [3.8, 4) is 0 Å². The molecule has 3 N–H and O–H groups in total. The SMILES string of the molecule is CC(C)(C)OC(=O)N[C@H](CN[C@@H](Cc1cccnc1)C(=O)O)C[Si](C)(C)C. The van der Waals surface area contributed by atoms with E-state index in [0.29, 0.717) is 13.0 Å². The molecule has 0 bridgehead atoms. The van der Waals surface area contributed by atoms with E-state index in [1.165, 1.54) is 0 Å². The minimum atomic E-state index is -1.49. The van der Waals surface area contributed by atoms with E-state index in [0.717, 1.165) is 11.6 Å². The van der Waals surface area contributed by atoms with Crippen LogP contribution in [0.15, 0.2) is 24.5 Å². The molecule has 0 aromatic carbocycles. The minimum Gasteiger partial charge on any atom is -0.480 e. The van der Waals surface area contributed by atoms with Crippen LogP contribution in [0.1, 0.15) is 26.3 Å². The molecule has 152 valence electrons. The Morgan fingerprint density at radius 2 is 1.96 bits per heavy atom. The smallest absolute Gasteiger partial charge is 0.407 e. The van der Waals surface area contributed by atoms with E-state index in [4.69, 9.17) is 4.74 Å². The van der Waals surface area contributed by atoms with Crippen molar-refractivity contribution in [2.75, 3.05) is 6.54 Å². The van der Waals surface area contributed by atoms with Gasteiger partial charge < -0.3 is 20.5 Å². The summed E-state index contributed by atoms with van der Waals surface area (Å²) in [6, 6.07) is 3.51. The number of aliphatic carboxylic acids is 1. The van der Waals surface area contributed by atoms with Gasteiger partial charge in [-0.25, -0.2) is 4.79 Å². The minimum absolute atomic E-state index is 0.192. The van der Waals surface area contributed by atoms with E-state index in [9.17, 15) is 14.7 Å². The molecule has 0 saturated carbocycles. The number of hydrogen-bond acceptors (Lipinski definition) is 5. The number of nitrogens with one attached hydrogen (secondary N) is 2. The maximum atomic E-state index is 12.2. The molecule has 2 atom stereocenters. The maximum absolute atomic E-state index is 12.2. The van der Waals surface area contributed by atoms with E-state index in [1.807, 2.05) is 26.8 Å². The van der Waals surface area contributed by atoms with Crippen LogP contribution in [0.3, 0.4) is 0 Å². The number of aromatic nitrogens is 1. The molecule has 0 aliphatic carbocycles. The fourth-order valence-electron chi connectivity index (χ4n) is 2.67. The second kappa shape index (κ2) is 9.84. The van der Waals surface area contributed by atoms with Crippen molar-refractivity contribution in [1.29, 1.82) is 0 Å². The Morgan fingerprint density at radius 1 is 1.30 bits per heavy atom. The summed E-state index contributed by atoms with van der Waals surface area (Å²) in [6.07, 6.45) is 3.17. The predicted molar refractivity (Wildman–Crippen MR) is 109 cm³/mol. The third kappa shape index (κ3) is 10.7. The fraction of sp³-hybridized carbons (Fsp3) is 0.632. The summed E-state index contributed by atoms with van der Waals surface area (Å²) >= 11 is 0. The molecule has 27 heavy (non-hydrogen) atoms. The molecule has 0 aliphatic rings. The van der Waals surface area contributed by atoms with Crippen LogP contribution in [-0.2, 0) is 16.0 Å². The molecule has 0 radical (unpaired) electrons. The van der Waals surface area contributed by atoms with E-state index in [-0.39, 0.29) is 6.04 Å². The van der Waals surface area contributed by atoms with Gasteiger partial charge in [0.2, 0.25) is 0 Å². The summed E-state index contributed by atoms with van der Waals surface area (Å²) in [6.45, 7) is 12.4. The molecule has 0 aliphatic heterocycles. The highest BCUT2D eigenvalue weighted by Crippen LogP contribution is 2.13. The number of carbonyl (C=O) groups is 2. The Labute approximate surface area is 162 Å². The Bertz CT molecular complexity index is 612. The molecule has 0 spiro atoms. The maximum Gasteiger partial charge on any atom is 0.407 e. The van der Waals surface area contributed by atoms with Crippen molar-refractivity contribution < 1.29 is 19.4 Å². The highest BCUT2D eigenvalue weighted by molar-refractivity contribution is 6.76. The lowest BCUT2D eigenvalue weighted by Gasteiger charge is -2.28. The summed E-state index contributed by atoms with van der Waals surface area (Å²) < 4.78 is 5.35. The van der Waals surface area contributed by atoms with Gasteiger partial charge in [-0.1, -0.05) is 25.7 Å². The molecular weight excluding hydrogens is 362 g/mol. The third-order valence-electron chi connectivity index (χ3n) is 3.65. The zero-order chi connectivity index (χ0) is 20.7. The average Bonchev–Trinajstić information content (AvgIpc) is 2.48. The highest BCUT2D eigenvalue weighted by Gasteiger charge is 2.26. The number of carbonyl (C=O) groups excluding carboxylic acids is 1. The van der Waals surface area contributed by atoms with Gasteiger partial charge in [0.1, 0.15) is 11.6 Å². The summed E-state index contributed by atoms with van der Waals surface area (Å²) in [5.41, 5.74) is 0.268. The summed E-state index contributed by atoms with van der Waals surface area (Å²) in [5, 5.41) is 15.5. The zero-order valence-electron chi connectivity index (χ0n) is 17.2. The molecular formula is C19H33N3O4Si. The predicted octanol–water partition coefficient (Wildman–Crippen LogP) is 2.90. The van der Waals surface area contributed by atoms with E-state index in [2.05, 4.69) is 35.3 Å². The fourth-order valence-corrected chi connectivity index (χ4v) is 4.40. The molecule has 1 rings (SSSR count). The number of carboxylic acid groups (broad SMARTS) is 1. The molecule has 8 heteroatoms. The van der Waals surface area contributed by atoms with Gasteiger partial charge in [-0.15, -0.1) is 0 Å². The molecule has 7 nitrogen and oxygen atoms in total. The van der Waals surface area contributed by atoms with Crippen LogP contribution in [0.4, 0.5) is 4.79 Å². The van der Waals surface area contributed by atoms with Crippen molar-refractivity contribution in [1.82, 2.24) is 15.6 Å². The van der Waals surface area contributed by atoms with Gasteiger partial charge in [-0.2, -0.15) is 0 Å². The van der Waals surface area contributed by atoms with Crippen molar-refractivity contribution >= 4 is 20.1 Å². The van der Waals surface area contributed by atoms with Crippen LogP contribution in [0.2, 0.25) is 25.7 Å². The van der Waals surface area contributed by atoms with Gasteiger partial charge in [0.25, 0.3) is 0 Å². The molecule has 0 fully saturated rings. The summed E-state index contributed by atoms with van der Waals surface area (Å²) in [4.78, 5) is 27.8. The van der Waals surface area contributed by atoms with E-state index in [1.54, 1.807) is 18.5 Å². The number of carboxylic acids is 1. The molecule has 1 amide bonds. The largest absolute Gasteiger partial charge is 0.480 e. The van der Waals surface area contributed by atoms with Gasteiger partial charge >= 0.3 is 12.1 Å².